The van der Waals surface area contributed by atoms with Crippen molar-refractivity contribution in [3.63, 3.8) is 0 Å². The lowest BCUT2D eigenvalue weighted by molar-refractivity contribution is 0.304. The Morgan fingerprint density at radius 3 is 2.62 bits per heavy atom. The molecule has 0 saturated heterocycles. The van der Waals surface area contributed by atoms with Crippen LogP contribution in [0.1, 0.15) is 18.2 Å². The van der Waals surface area contributed by atoms with Crippen molar-refractivity contribution in [3.05, 3.63) is 47.8 Å². The number of ether oxygens (including phenoxy) is 1. The van der Waals surface area contributed by atoms with Crippen LogP contribution in [-0.4, -0.2) is 9.78 Å². The molecule has 16 heavy (non-hydrogen) atoms. The molecule has 3 heteroatoms. The van der Waals surface area contributed by atoms with E-state index in [9.17, 15) is 0 Å². The molecule has 0 amide bonds. The van der Waals surface area contributed by atoms with E-state index in [-0.39, 0.29) is 0 Å². The van der Waals surface area contributed by atoms with Gasteiger partial charge >= 0.3 is 0 Å². The molecule has 0 radical (unpaired) electrons. The predicted molar refractivity (Wildman–Crippen MR) is 63.4 cm³/mol. The molecule has 0 fully saturated rings. The quantitative estimate of drug-likeness (QED) is 0.785. The molecule has 0 N–H and O–H groups in total. The highest BCUT2D eigenvalue weighted by molar-refractivity contribution is 5.24. The van der Waals surface area contributed by atoms with E-state index in [0.717, 1.165) is 18.0 Å². The van der Waals surface area contributed by atoms with E-state index in [1.54, 1.807) is 0 Å². The second kappa shape index (κ2) is 4.84. The van der Waals surface area contributed by atoms with Gasteiger partial charge in [-0.25, -0.2) is 0 Å². The summed E-state index contributed by atoms with van der Waals surface area (Å²) in [6.45, 7) is 5.49. The van der Waals surface area contributed by atoms with Gasteiger partial charge in [0.25, 0.3) is 0 Å². The lowest BCUT2D eigenvalue weighted by Gasteiger charge is -2.03. The van der Waals surface area contributed by atoms with Crippen molar-refractivity contribution in [1.29, 1.82) is 0 Å². The Morgan fingerprint density at radius 1 is 1.25 bits per heavy atom. The zero-order chi connectivity index (χ0) is 11.4. The SMILES string of the molecule is CCn1cc(OCc2ccccc2)c(C)n1. The monoisotopic (exact) mass is 216 g/mol. The fourth-order valence-corrected chi connectivity index (χ4v) is 1.54. The van der Waals surface area contributed by atoms with Crippen LogP contribution in [0, 0.1) is 6.92 Å². The minimum absolute atomic E-state index is 0.594. The molecule has 0 unspecified atom stereocenters. The maximum Gasteiger partial charge on any atom is 0.160 e. The molecular weight excluding hydrogens is 200 g/mol. The zero-order valence-corrected chi connectivity index (χ0v) is 9.68. The molecule has 1 heterocycles. The zero-order valence-electron chi connectivity index (χ0n) is 9.68. The molecule has 2 rings (SSSR count). The summed E-state index contributed by atoms with van der Waals surface area (Å²) in [5.41, 5.74) is 2.11. The van der Waals surface area contributed by atoms with Gasteiger partial charge in [0, 0.05) is 6.54 Å². The average Bonchev–Trinajstić information content (AvgIpc) is 2.69. The lowest BCUT2D eigenvalue weighted by atomic mass is 10.2. The van der Waals surface area contributed by atoms with Gasteiger partial charge in [-0.15, -0.1) is 0 Å². The van der Waals surface area contributed by atoms with Crippen LogP contribution in [0.5, 0.6) is 5.75 Å². The summed E-state index contributed by atoms with van der Waals surface area (Å²) < 4.78 is 7.61. The normalized spacial score (nSPS) is 10.4. The van der Waals surface area contributed by atoms with Crippen molar-refractivity contribution in [3.8, 4) is 5.75 Å². The van der Waals surface area contributed by atoms with Crippen LogP contribution in [0.2, 0.25) is 0 Å². The van der Waals surface area contributed by atoms with E-state index in [1.807, 2.05) is 36.0 Å². The van der Waals surface area contributed by atoms with Crippen LogP contribution in [0.3, 0.4) is 0 Å². The highest BCUT2D eigenvalue weighted by atomic mass is 16.5. The molecule has 0 aliphatic heterocycles. The second-order valence-electron chi connectivity index (χ2n) is 3.71. The summed E-state index contributed by atoms with van der Waals surface area (Å²) in [5, 5.41) is 4.33. The summed E-state index contributed by atoms with van der Waals surface area (Å²) in [7, 11) is 0. The molecule has 0 spiro atoms. The third-order valence-electron chi connectivity index (χ3n) is 2.46. The van der Waals surface area contributed by atoms with Gasteiger partial charge in [-0.1, -0.05) is 30.3 Å². The fraction of sp³-hybridized carbons (Fsp3) is 0.308. The molecule has 1 aromatic heterocycles. The topological polar surface area (TPSA) is 27.1 Å². The smallest absolute Gasteiger partial charge is 0.160 e. The van der Waals surface area contributed by atoms with Crippen molar-refractivity contribution < 1.29 is 4.74 Å². The first kappa shape index (κ1) is 10.7. The van der Waals surface area contributed by atoms with E-state index in [0.29, 0.717) is 6.61 Å². The lowest BCUT2D eigenvalue weighted by Crippen LogP contribution is -1.95. The highest BCUT2D eigenvalue weighted by Crippen LogP contribution is 2.17. The van der Waals surface area contributed by atoms with Gasteiger partial charge in [-0.05, 0) is 19.4 Å². The van der Waals surface area contributed by atoms with E-state index < -0.39 is 0 Å². The molecule has 3 nitrogen and oxygen atoms in total. The number of hydrogen-bond donors (Lipinski definition) is 0. The van der Waals surface area contributed by atoms with Gasteiger partial charge in [0.1, 0.15) is 12.3 Å². The highest BCUT2D eigenvalue weighted by Gasteiger charge is 2.04. The predicted octanol–water partition coefficient (Wildman–Crippen LogP) is 2.79. The van der Waals surface area contributed by atoms with Crippen LogP contribution < -0.4 is 4.74 Å². The van der Waals surface area contributed by atoms with E-state index in [2.05, 4.69) is 24.2 Å². The van der Waals surface area contributed by atoms with E-state index in [4.69, 9.17) is 4.74 Å². The van der Waals surface area contributed by atoms with E-state index in [1.165, 1.54) is 5.56 Å². The maximum atomic E-state index is 5.72. The summed E-state index contributed by atoms with van der Waals surface area (Å²) >= 11 is 0. The fourth-order valence-electron chi connectivity index (χ4n) is 1.54. The first-order chi connectivity index (χ1) is 7.79. The van der Waals surface area contributed by atoms with Gasteiger partial charge in [0.2, 0.25) is 0 Å². The number of aromatic nitrogens is 2. The molecule has 0 bridgehead atoms. The van der Waals surface area contributed by atoms with Crippen molar-refractivity contribution >= 4 is 0 Å². The van der Waals surface area contributed by atoms with Crippen molar-refractivity contribution in [2.75, 3.05) is 0 Å². The molecular formula is C13H16N2O. The third-order valence-corrected chi connectivity index (χ3v) is 2.46. The number of benzene rings is 1. The van der Waals surface area contributed by atoms with Gasteiger partial charge in [-0.2, -0.15) is 5.10 Å². The van der Waals surface area contributed by atoms with Crippen LogP contribution in [0.15, 0.2) is 36.5 Å². The van der Waals surface area contributed by atoms with Crippen LogP contribution >= 0.6 is 0 Å². The van der Waals surface area contributed by atoms with Crippen molar-refractivity contribution in [1.82, 2.24) is 9.78 Å². The van der Waals surface area contributed by atoms with Crippen molar-refractivity contribution in [2.45, 2.75) is 27.0 Å². The maximum absolute atomic E-state index is 5.72. The van der Waals surface area contributed by atoms with Crippen molar-refractivity contribution in [2.24, 2.45) is 0 Å². The minimum atomic E-state index is 0.594. The summed E-state index contributed by atoms with van der Waals surface area (Å²) in [5.74, 6) is 0.866. The standard InChI is InChI=1S/C13H16N2O/c1-3-15-9-13(11(2)14-15)16-10-12-7-5-4-6-8-12/h4-9H,3,10H2,1-2H3. The number of hydrogen-bond acceptors (Lipinski definition) is 2. The Morgan fingerprint density at radius 2 is 2.00 bits per heavy atom. The Bertz CT molecular complexity index is 448. The molecule has 0 aliphatic rings. The number of rotatable bonds is 4. The van der Waals surface area contributed by atoms with Crippen LogP contribution in [0.25, 0.3) is 0 Å². The Hall–Kier alpha value is -1.77. The molecule has 0 atom stereocenters. The molecule has 0 aliphatic carbocycles. The Labute approximate surface area is 95.7 Å². The summed E-state index contributed by atoms with van der Waals surface area (Å²) in [4.78, 5) is 0. The Balaban J connectivity index is 2.02. The van der Waals surface area contributed by atoms with Gasteiger partial charge in [0.15, 0.2) is 5.75 Å². The van der Waals surface area contributed by atoms with Gasteiger partial charge in [0.05, 0.1) is 6.20 Å². The second-order valence-corrected chi connectivity index (χ2v) is 3.71. The van der Waals surface area contributed by atoms with Gasteiger partial charge in [-0.3, -0.25) is 4.68 Å². The largest absolute Gasteiger partial charge is 0.485 e. The van der Waals surface area contributed by atoms with Crippen LogP contribution in [-0.2, 0) is 13.2 Å². The molecule has 84 valence electrons. The molecule has 0 saturated carbocycles. The Kier molecular flexibility index (Phi) is 3.25. The summed E-state index contributed by atoms with van der Waals surface area (Å²) in [6, 6.07) is 10.1. The third kappa shape index (κ3) is 2.42. The first-order valence-electron chi connectivity index (χ1n) is 5.50. The van der Waals surface area contributed by atoms with Gasteiger partial charge < -0.3 is 4.74 Å². The molecule has 1 aromatic carbocycles. The van der Waals surface area contributed by atoms with E-state index >= 15 is 0 Å². The van der Waals surface area contributed by atoms with Crippen LogP contribution in [0.4, 0.5) is 0 Å². The minimum Gasteiger partial charge on any atom is -0.485 e. The number of aryl methyl sites for hydroxylation is 2. The molecule has 2 aromatic rings. The average molecular weight is 216 g/mol. The summed E-state index contributed by atoms with van der Waals surface area (Å²) in [6.07, 6.45) is 1.94. The number of nitrogens with zero attached hydrogens (tertiary/aromatic N) is 2. The first-order valence-corrected chi connectivity index (χ1v) is 5.50.